The number of fused-ring (bicyclic) bond motifs is 1. The largest absolute Gasteiger partial charge is 0.337 e. The number of aryl methyl sites for hydroxylation is 2. The number of thioether (sulfide) groups is 1. The molecule has 0 saturated heterocycles. The Morgan fingerprint density at radius 3 is 2.84 bits per heavy atom. The highest BCUT2D eigenvalue weighted by Crippen LogP contribution is 2.26. The first-order valence-corrected chi connectivity index (χ1v) is 7.32. The van der Waals surface area contributed by atoms with Crippen LogP contribution in [0.1, 0.15) is 12.7 Å². The molecule has 0 bridgehead atoms. The second-order valence-corrected chi connectivity index (χ2v) is 5.31. The van der Waals surface area contributed by atoms with Gasteiger partial charge in [-0.25, -0.2) is 9.97 Å². The van der Waals surface area contributed by atoms with Gasteiger partial charge in [0.05, 0.1) is 16.8 Å². The maximum atomic E-state index is 4.70. The van der Waals surface area contributed by atoms with Crippen molar-refractivity contribution in [3.8, 4) is 0 Å². The summed E-state index contributed by atoms with van der Waals surface area (Å²) in [7, 11) is 2.02. The molecule has 3 aromatic rings. The lowest BCUT2D eigenvalue weighted by Crippen LogP contribution is -1.99. The van der Waals surface area contributed by atoms with Crippen molar-refractivity contribution in [3.63, 3.8) is 0 Å². The fourth-order valence-corrected chi connectivity index (χ4v) is 3.22. The zero-order valence-corrected chi connectivity index (χ0v) is 11.9. The van der Waals surface area contributed by atoms with Gasteiger partial charge in [0.2, 0.25) is 0 Å². The van der Waals surface area contributed by atoms with Crippen LogP contribution in [0.15, 0.2) is 41.8 Å². The fourth-order valence-electron chi connectivity index (χ4n) is 2.13. The Morgan fingerprint density at radius 1 is 1.26 bits per heavy atom. The Hall–Kier alpha value is -1.75. The van der Waals surface area contributed by atoms with Crippen LogP contribution < -0.4 is 0 Å². The molecule has 1 aromatic carbocycles. The van der Waals surface area contributed by atoms with Gasteiger partial charge in [0.1, 0.15) is 5.82 Å². The van der Waals surface area contributed by atoms with Crippen molar-refractivity contribution < 1.29 is 0 Å². The molecule has 3 rings (SSSR count). The highest BCUT2D eigenvalue weighted by atomic mass is 32.2. The Kier molecular flexibility index (Phi) is 3.29. The van der Waals surface area contributed by atoms with Gasteiger partial charge in [-0.3, -0.25) is 0 Å². The van der Waals surface area contributed by atoms with Crippen molar-refractivity contribution in [3.05, 3.63) is 42.5 Å². The molecule has 0 spiro atoms. The molecule has 0 N–H and O–H groups in total. The van der Waals surface area contributed by atoms with Gasteiger partial charge in [-0.15, -0.1) is 0 Å². The molecule has 2 heterocycles. The van der Waals surface area contributed by atoms with Crippen LogP contribution in [-0.2, 0) is 19.3 Å². The molecule has 0 fully saturated rings. The van der Waals surface area contributed by atoms with E-state index in [-0.39, 0.29) is 0 Å². The average molecular weight is 272 g/mol. The van der Waals surface area contributed by atoms with E-state index in [0.717, 1.165) is 28.8 Å². The predicted molar refractivity (Wildman–Crippen MR) is 78.2 cm³/mol. The SMILES string of the molecule is CCn1c(SCc2nccn2C)nc2ccccc21. The Bertz CT molecular complexity index is 698. The van der Waals surface area contributed by atoms with Gasteiger partial charge in [-0.1, -0.05) is 23.9 Å². The molecule has 0 unspecified atom stereocenters. The van der Waals surface area contributed by atoms with E-state index in [1.54, 1.807) is 11.8 Å². The van der Waals surface area contributed by atoms with E-state index < -0.39 is 0 Å². The Balaban J connectivity index is 1.90. The van der Waals surface area contributed by atoms with Crippen LogP contribution in [0.5, 0.6) is 0 Å². The number of para-hydroxylation sites is 2. The first kappa shape index (κ1) is 12.3. The molecule has 98 valence electrons. The van der Waals surface area contributed by atoms with Gasteiger partial charge in [0.15, 0.2) is 5.16 Å². The van der Waals surface area contributed by atoms with E-state index in [2.05, 4.69) is 34.7 Å². The quantitative estimate of drug-likeness (QED) is 0.685. The monoisotopic (exact) mass is 272 g/mol. The third-order valence-corrected chi connectivity index (χ3v) is 4.16. The summed E-state index contributed by atoms with van der Waals surface area (Å²) in [4.78, 5) is 9.05. The summed E-state index contributed by atoms with van der Waals surface area (Å²) in [6.45, 7) is 3.09. The highest BCUT2D eigenvalue weighted by Gasteiger charge is 2.10. The molecule has 2 aromatic heterocycles. The zero-order valence-electron chi connectivity index (χ0n) is 11.1. The third kappa shape index (κ3) is 2.26. The van der Waals surface area contributed by atoms with Crippen molar-refractivity contribution in [2.45, 2.75) is 24.4 Å². The molecule has 4 nitrogen and oxygen atoms in total. The lowest BCUT2D eigenvalue weighted by Gasteiger charge is -2.05. The normalized spacial score (nSPS) is 11.3. The van der Waals surface area contributed by atoms with Gasteiger partial charge >= 0.3 is 0 Å². The molecule has 0 aliphatic carbocycles. The minimum atomic E-state index is 0.840. The summed E-state index contributed by atoms with van der Waals surface area (Å²) in [6.07, 6.45) is 3.80. The molecular formula is C14H16N4S. The van der Waals surface area contributed by atoms with Crippen LogP contribution in [0.25, 0.3) is 11.0 Å². The lowest BCUT2D eigenvalue weighted by atomic mass is 10.3. The third-order valence-electron chi connectivity index (χ3n) is 3.19. The van der Waals surface area contributed by atoms with Crippen LogP contribution >= 0.6 is 11.8 Å². The Morgan fingerprint density at radius 2 is 2.11 bits per heavy atom. The van der Waals surface area contributed by atoms with Crippen LogP contribution in [0.2, 0.25) is 0 Å². The number of aromatic nitrogens is 4. The van der Waals surface area contributed by atoms with Gasteiger partial charge < -0.3 is 9.13 Å². The minimum absolute atomic E-state index is 0.840. The molecular weight excluding hydrogens is 256 g/mol. The molecule has 0 amide bonds. The summed E-state index contributed by atoms with van der Waals surface area (Å²) < 4.78 is 4.30. The predicted octanol–water partition coefficient (Wildman–Crippen LogP) is 3.08. The number of hydrogen-bond donors (Lipinski definition) is 0. The summed E-state index contributed by atoms with van der Waals surface area (Å²) >= 11 is 1.74. The first-order valence-electron chi connectivity index (χ1n) is 6.34. The van der Waals surface area contributed by atoms with Crippen LogP contribution in [0.3, 0.4) is 0 Å². The van der Waals surface area contributed by atoms with E-state index in [1.165, 1.54) is 5.52 Å². The van der Waals surface area contributed by atoms with Gasteiger partial charge in [-0.05, 0) is 19.1 Å². The van der Waals surface area contributed by atoms with Gasteiger partial charge in [-0.2, -0.15) is 0 Å². The first-order chi connectivity index (χ1) is 9.29. The Labute approximate surface area is 116 Å². The van der Waals surface area contributed by atoms with Crippen LogP contribution in [-0.4, -0.2) is 19.1 Å². The van der Waals surface area contributed by atoms with Crippen LogP contribution in [0, 0.1) is 0 Å². The standard InChI is InChI=1S/C14H16N4S/c1-3-18-12-7-5-4-6-11(12)16-14(18)19-10-13-15-8-9-17(13)2/h4-9H,3,10H2,1-2H3. The molecule has 0 aliphatic rings. The number of nitrogens with zero attached hydrogens (tertiary/aromatic N) is 4. The van der Waals surface area contributed by atoms with E-state index in [0.29, 0.717) is 0 Å². The smallest absolute Gasteiger partial charge is 0.169 e. The molecule has 19 heavy (non-hydrogen) atoms. The fraction of sp³-hybridized carbons (Fsp3) is 0.286. The lowest BCUT2D eigenvalue weighted by molar-refractivity contribution is 0.702. The number of rotatable bonds is 4. The van der Waals surface area contributed by atoms with Crippen molar-refractivity contribution in [2.24, 2.45) is 7.05 Å². The van der Waals surface area contributed by atoms with Gasteiger partial charge in [0, 0.05) is 26.0 Å². The molecule has 0 atom stereocenters. The number of hydrogen-bond acceptors (Lipinski definition) is 3. The topological polar surface area (TPSA) is 35.6 Å². The van der Waals surface area contributed by atoms with Gasteiger partial charge in [0.25, 0.3) is 0 Å². The summed E-state index contributed by atoms with van der Waals surface area (Å²) in [5.74, 6) is 1.91. The average Bonchev–Trinajstić information content (AvgIpc) is 2.99. The zero-order chi connectivity index (χ0) is 13.2. The highest BCUT2D eigenvalue weighted by molar-refractivity contribution is 7.98. The second kappa shape index (κ2) is 5.09. The maximum absolute atomic E-state index is 4.70. The minimum Gasteiger partial charge on any atom is -0.337 e. The van der Waals surface area contributed by atoms with Crippen molar-refractivity contribution in [2.75, 3.05) is 0 Å². The van der Waals surface area contributed by atoms with E-state index >= 15 is 0 Å². The summed E-state index contributed by atoms with van der Waals surface area (Å²) in [6, 6.07) is 8.27. The second-order valence-electron chi connectivity index (χ2n) is 4.37. The summed E-state index contributed by atoms with van der Waals surface area (Å²) in [5, 5.41) is 1.06. The van der Waals surface area contributed by atoms with Crippen molar-refractivity contribution in [1.29, 1.82) is 0 Å². The number of imidazole rings is 2. The van der Waals surface area contributed by atoms with E-state index in [9.17, 15) is 0 Å². The van der Waals surface area contributed by atoms with Crippen molar-refractivity contribution >= 4 is 22.8 Å². The molecule has 0 saturated carbocycles. The molecule has 5 heteroatoms. The summed E-state index contributed by atoms with van der Waals surface area (Å²) in [5.41, 5.74) is 2.26. The maximum Gasteiger partial charge on any atom is 0.169 e. The number of benzene rings is 1. The van der Waals surface area contributed by atoms with Crippen molar-refractivity contribution in [1.82, 2.24) is 19.1 Å². The molecule has 0 radical (unpaired) electrons. The van der Waals surface area contributed by atoms with Crippen LogP contribution in [0.4, 0.5) is 0 Å². The van der Waals surface area contributed by atoms with E-state index in [1.807, 2.05) is 30.1 Å². The molecule has 0 aliphatic heterocycles. The van der Waals surface area contributed by atoms with E-state index in [4.69, 9.17) is 4.98 Å².